The molecular weight excluding hydrogens is 444 g/mol. The number of likely N-dealkylation sites (tertiary alicyclic amines) is 1. The van der Waals surface area contributed by atoms with E-state index in [0.717, 1.165) is 6.07 Å². The molecule has 176 valence electrons. The van der Waals surface area contributed by atoms with Crippen molar-refractivity contribution in [3.8, 4) is 5.69 Å². The highest BCUT2D eigenvalue weighted by Gasteiger charge is 2.53. The molecule has 2 bridgehead atoms. The van der Waals surface area contributed by atoms with Crippen LogP contribution in [0.4, 0.5) is 17.6 Å². The summed E-state index contributed by atoms with van der Waals surface area (Å²) in [6.07, 6.45) is -0.278. The molecule has 1 aromatic carbocycles. The van der Waals surface area contributed by atoms with Gasteiger partial charge in [0.25, 0.3) is 5.91 Å². The summed E-state index contributed by atoms with van der Waals surface area (Å²) in [5, 5.41) is 17.3. The number of carboxylic acid groups (broad SMARTS) is 1. The minimum Gasteiger partial charge on any atom is -0.481 e. The summed E-state index contributed by atoms with van der Waals surface area (Å²) in [6.45, 7) is 0.0568. The van der Waals surface area contributed by atoms with Crippen LogP contribution in [-0.2, 0) is 4.79 Å². The molecule has 2 unspecified atom stereocenters. The van der Waals surface area contributed by atoms with Crippen molar-refractivity contribution in [3.63, 3.8) is 0 Å². The van der Waals surface area contributed by atoms with E-state index in [1.165, 1.54) is 27.9 Å². The van der Waals surface area contributed by atoms with E-state index in [4.69, 9.17) is 0 Å². The number of aromatic nitrogens is 3. The van der Waals surface area contributed by atoms with E-state index in [2.05, 4.69) is 10.3 Å². The van der Waals surface area contributed by atoms with E-state index in [0.29, 0.717) is 32.1 Å². The maximum absolute atomic E-state index is 14.9. The standard InChI is InChI=1S/C22H22F4N4O3/c23-17-8-12(30-10-18(27-28-30)14-5-6-16(14)22(24,25)26)3-4-15(17)19(31)29-11-21(20(32)33)7-1-2-13(29)9-21/h3-4,8,10,13-14,16H,1-2,5-7,9,11H2,(H,32,33)/t13?,14-,16-,21?/m1/s1. The van der Waals surface area contributed by atoms with Crippen LogP contribution in [-0.4, -0.2) is 55.6 Å². The molecule has 2 heterocycles. The number of amides is 1. The van der Waals surface area contributed by atoms with Gasteiger partial charge in [0.15, 0.2) is 0 Å². The third-order valence-electron chi connectivity index (χ3n) is 7.48. The zero-order chi connectivity index (χ0) is 23.5. The van der Waals surface area contributed by atoms with Crippen molar-refractivity contribution in [2.75, 3.05) is 6.54 Å². The van der Waals surface area contributed by atoms with Crippen LogP contribution in [0.25, 0.3) is 5.69 Å². The number of nitrogens with zero attached hydrogens (tertiary/aromatic N) is 4. The van der Waals surface area contributed by atoms with Crippen LogP contribution in [0.1, 0.15) is 60.5 Å². The minimum absolute atomic E-state index is 0.0487. The number of carbonyl (C=O) groups excluding carboxylic acids is 1. The van der Waals surface area contributed by atoms with Crippen molar-refractivity contribution < 1.29 is 32.3 Å². The number of hydrogen-bond donors (Lipinski definition) is 1. The molecule has 2 saturated carbocycles. The van der Waals surface area contributed by atoms with Crippen molar-refractivity contribution in [3.05, 3.63) is 41.5 Å². The lowest BCUT2D eigenvalue weighted by atomic mass is 9.71. The molecule has 4 atom stereocenters. The van der Waals surface area contributed by atoms with E-state index < -0.39 is 41.1 Å². The highest BCUT2D eigenvalue weighted by Crippen LogP contribution is 2.50. The van der Waals surface area contributed by atoms with Gasteiger partial charge in [0.05, 0.1) is 34.5 Å². The van der Waals surface area contributed by atoms with Gasteiger partial charge in [0.2, 0.25) is 0 Å². The zero-order valence-corrected chi connectivity index (χ0v) is 17.6. The molecular formula is C22H22F4N4O3. The molecule has 0 radical (unpaired) electrons. The van der Waals surface area contributed by atoms with Crippen molar-refractivity contribution >= 4 is 11.9 Å². The Morgan fingerprint density at radius 3 is 2.58 bits per heavy atom. The Morgan fingerprint density at radius 1 is 1.18 bits per heavy atom. The van der Waals surface area contributed by atoms with Gasteiger partial charge in [-0.15, -0.1) is 5.10 Å². The molecule has 2 aromatic rings. The largest absolute Gasteiger partial charge is 0.481 e. The number of halogens is 4. The Bertz CT molecular complexity index is 1120. The zero-order valence-electron chi connectivity index (χ0n) is 17.6. The molecule has 3 aliphatic rings. The lowest BCUT2D eigenvalue weighted by Gasteiger charge is -2.36. The molecule has 3 fully saturated rings. The third kappa shape index (κ3) is 3.57. The van der Waals surface area contributed by atoms with Gasteiger partial charge in [-0.2, -0.15) is 13.2 Å². The van der Waals surface area contributed by atoms with Crippen molar-refractivity contribution in [2.45, 2.75) is 56.7 Å². The second kappa shape index (κ2) is 7.53. The lowest BCUT2D eigenvalue weighted by Crippen LogP contribution is -2.37. The molecule has 7 nitrogen and oxygen atoms in total. The second-order valence-electron chi connectivity index (χ2n) is 9.35. The van der Waals surface area contributed by atoms with Gasteiger partial charge < -0.3 is 10.0 Å². The first-order valence-corrected chi connectivity index (χ1v) is 10.9. The summed E-state index contributed by atoms with van der Waals surface area (Å²) < 4.78 is 55.3. The average molecular weight is 466 g/mol. The normalized spacial score (nSPS) is 29.1. The maximum Gasteiger partial charge on any atom is 0.392 e. The molecule has 1 amide bonds. The molecule has 1 saturated heterocycles. The summed E-state index contributed by atoms with van der Waals surface area (Å²) in [6, 6.07) is 3.60. The topological polar surface area (TPSA) is 88.3 Å². The quantitative estimate of drug-likeness (QED) is 0.690. The van der Waals surface area contributed by atoms with E-state index in [1.54, 1.807) is 0 Å². The number of rotatable bonds is 4. The van der Waals surface area contributed by atoms with E-state index in [9.17, 15) is 32.3 Å². The van der Waals surface area contributed by atoms with Crippen molar-refractivity contribution in [2.24, 2.45) is 11.3 Å². The first-order chi connectivity index (χ1) is 15.6. The number of fused-ring (bicyclic) bond motifs is 2. The number of carboxylic acids is 1. The molecule has 1 aromatic heterocycles. The molecule has 33 heavy (non-hydrogen) atoms. The van der Waals surface area contributed by atoms with Gasteiger partial charge in [0, 0.05) is 24.6 Å². The first kappa shape index (κ1) is 21.8. The van der Waals surface area contributed by atoms with Gasteiger partial charge in [-0.25, -0.2) is 9.07 Å². The van der Waals surface area contributed by atoms with Crippen LogP contribution >= 0.6 is 0 Å². The van der Waals surface area contributed by atoms with Crippen LogP contribution in [0.3, 0.4) is 0 Å². The monoisotopic (exact) mass is 466 g/mol. The Balaban J connectivity index is 1.35. The predicted octanol–water partition coefficient (Wildman–Crippen LogP) is 3.93. The summed E-state index contributed by atoms with van der Waals surface area (Å²) in [7, 11) is 0. The predicted molar refractivity (Wildman–Crippen MR) is 106 cm³/mol. The smallest absolute Gasteiger partial charge is 0.392 e. The number of carbonyl (C=O) groups is 2. The van der Waals surface area contributed by atoms with Crippen LogP contribution < -0.4 is 0 Å². The summed E-state index contributed by atoms with van der Waals surface area (Å²) >= 11 is 0. The number of hydrogen-bond acceptors (Lipinski definition) is 4. The Morgan fingerprint density at radius 2 is 1.97 bits per heavy atom. The fraction of sp³-hybridized carbons (Fsp3) is 0.545. The fourth-order valence-corrected chi connectivity index (χ4v) is 5.49. The van der Waals surface area contributed by atoms with Crippen molar-refractivity contribution in [1.29, 1.82) is 0 Å². The van der Waals surface area contributed by atoms with E-state index >= 15 is 0 Å². The Kier molecular flexibility index (Phi) is 4.98. The summed E-state index contributed by atoms with van der Waals surface area (Å²) in [4.78, 5) is 26.3. The van der Waals surface area contributed by atoms with Gasteiger partial charge in [-0.3, -0.25) is 9.59 Å². The maximum atomic E-state index is 14.9. The number of aliphatic carboxylic acids is 1. The first-order valence-electron chi connectivity index (χ1n) is 10.9. The van der Waals surface area contributed by atoms with Crippen molar-refractivity contribution in [1.82, 2.24) is 19.9 Å². The SMILES string of the molecule is O=C(c1ccc(-n2cc([C@@H]3CC[C@H]3C(F)(F)F)nn2)cc1F)N1CC2(C(=O)O)CCCC1C2. The van der Waals surface area contributed by atoms with Crippen LogP contribution in [0, 0.1) is 17.2 Å². The van der Waals surface area contributed by atoms with E-state index in [-0.39, 0.29) is 36.0 Å². The summed E-state index contributed by atoms with van der Waals surface area (Å²) in [5.74, 6) is -4.51. The molecule has 5 rings (SSSR count). The second-order valence-corrected chi connectivity index (χ2v) is 9.35. The molecule has 1 aliphatic heterocycles. The van der Waals surface area contributed by atoms with Crippen LogP contribution in [0.2, 0.25) is 0 Å². The highest BCUT2D eigenvalue weighted by molar-refractivity contribution is 5.96. The van der Waals surface area contributed by atoms with Gasteiger partial charge in [-0.1, -0.05) is 11.6 Å². The van der Waals surface area contributed by atoms with E-state index in [1.807, 2.05) is 0 Å². The Labute approximate surface area is 186 Å². The Hall–Kier alpha value is -2.98. The fourth-order valence-electron chi connectivity index (χ4n) is 5.49. The number of alkyl halides is 3. The highest BCUT2D eigenvalue weighted by atomic mass is 19.4. The lowest BCUT2D eigenvalue weighted by molar-refractivity contribution is -0.201. The third-order valence-corrected chi connectivity index (χ3v) is 7.48. The molecule has 2 aliphatic carbocycles. The molecule has 0 spiro atoms. The van der Waals surface area contributed by atoms with Gasteiger partial charge in [0.1, 0.15) is 5.82 Å². The average Bonchev–Trinajstić information content (AvgIpc) is 3.28. The summed E-state index contributed by atoms with van der Waals surface area (Å²) in [5.41, 5.74) is -0.717. The van der Waals surface area contributed by atoms with Gasteiger partial charge >= 0.3 is 12.1 Å². The van der Waals surface area contributed by atoms with Crippen LogP contribution in [0.5, 0.6) is 0 Å². The minimum atomic E-state index is -4.30. The number of benzene rings is 1. The van der Waals surface area contributed by atoms with Crippen LogP contribution in [0.15, 0.2) is 24.4 Å². The molecule has 1 N–H and O–H groups in total. The molecule has 11 heteroatoms. The van der Waals surface area contributed by atoms with Gasteiger partial charge in [-0.05, 0) is 44.2 Å².